The Morgan fingerprint density at radius 2 is 2.06 bits per heavy atom. The fourth-order valence-electron chi connectivity index (χ4n) is 1.89. The molecule has 0 saturated carbocycles. The number of rotatable bonds is 2. The molecule has 3 heteroatoms. The smallest absolute Gasteiger partial charge is 0.221 e. The van der Waals surface area contributed by atoms with Gasteiger partial charge in [-0.3, -0.25) is 9.78 Å². The number of nitrogens with two attached hydrogens (primary N) is 1. The normalized spacial score (nSPS) is 10.6. The molecule has 1 aromatic carbocycles. The third-order valence-corrected chi connectivity index (χ3v) is 2.54. The molecular weight excluding hydrogens is 200 g/mol. The van der Waals surface area contributed by atoms with Crippen molar-refractivity contribution >= 4 is 16.8 Å². The molecule has 82 valence electrons. The Bertz CT molecular complexity index is 561. The number of aromatic nitrogens is 1. The first-order valence-corrected chi connectivity index (χ1v) is 5.21. The predicted molar refractivity (Wildman–Crippen MR) is 64.1 cm³/mol. The molecule has 16 heavy (non-hydrogen) atoms. The van der Waals surface area contributed by atoms with Crippen molar-refractivity contribution < 1.29 is 4.79 Å². The van der Waals surface area contributed by atoms with Crippen LogP contribution in [-0.4, -0.2) is 10.9 Å². The molecule has 1 aromatic heterocycles. The molecule has 0 aliphatic rings. The minimum atomic E-state index is -0.312. The Morgan fingerprint density at radius 3 is 2.75 bits per heavy atom. The zero-order chi connectivity index (χ0) is 11.7. The van der Waals surface area contributed by atoms with E-state index >= 15 is 0 Å². The molecule has 0 aliphatic carbocycles. The number of benzene rings is 1. The van der Waals surface area contributed by atoms with E-state index in [2.05, 4.69) is 4.98 Å². The number of hydrogen-bond acceptors (Lipinski definition) is 2. The highest BCUT2D eigenvalue weighted by Gasteiger charge is 2.06. The molecule has 0 aliphatic heterocycles. The Labute approximate surface area is 94.3 Å². The Kier molecular flexibility index (Phi) is 2.60. The number of carbonyl (C=O) groups excluding carboxylic acids is 1. The minimum Gasteiger partial charge on any atom is -0.369 e. The summed E-state index contributed by atoms with van der Waals surface area (Å²) in [6.45, 7) is 3.94. The van der Waals surface area contributed by atoms with Crippen LogP contribution < -0.4 is 5.73 Å². The Balaban J connectivity index is 2.69. The number of amides is 1. The minimum absolute atomic E-state index is 0.267. The SMILES string of the molecule is Cc1ccc2nc(C)cc(CC(N)=O)c2c1. The second-order valence-electron chi connectivity index (χ2n) is 4.09. The summed E-state index contributed by atoms with van der Waals surface area (Å²) in [5.41, 5.74) is 9.19. The van der Waals surface area contributed by atoms with Gasteiger partial charge in [0.15, 0.2) is 0 Å². The average molecular weight is 214 g/mol. The van der Waals surface area contributed by atoms with Crippen molar-refractivity contribution in [2.45, 2.75) is 20.3 Å². The van der Waals surface area contributed by atoms with Crippen LogP contribution in [0.1, 0.15) is 16.8 Å². The van der Waals surface area contributed by atoms with Crippen LogP contribution in [0.25, 0.3) is 10.9 Å². The van der Waals surface area contributed by atoms with Crippen LogP contribution in [0, 0.1) is 13.8 Å². The molecule has 2 aromatic rings. The van der Waals surface area contributed by atoms with E-state index in [1.807, 2.05) is 38.1 Å². The lowest BCUT2D eigenvalue weighted by atomic mass is 10.0. The summed E-state index contributed by atoms with van der Waals surface area (Å²) in [5.74, 6) is -0.312. The summed E-state index contributed by atoms with van der Waals surface area (Å²) < 4.78 is 0. The van der Waals surface area contributed by atoms with Crippen LogP contribution >= 0.6 is 0 Å². The highest BCUT2D eigenvalue weighted by atomic mass is 16.1. The van der Waals surface area contributed by atoms with Crippen molar-refractivity contribution in [3.05, 3.63) is 41.1 Å². The monoisotopic (exact) mass is 214 g/mol. The van der Waals surface area contributed by atoms with Gasteiger partial charge < -0.3 is 5.73 Å². The lowest BCUT2D eigenvalue weighted by Gasteiger charge is -2.07. The number of hydrogen-bond donors (Lipinski definition) is 1. The first-order valence-electron chi connectivity index (χ1n) is 5.21. The van der Waals surface area contributed by atoms with Gasteiger partial charge in [0, 0.05) is 11.1 Å². The van der Waals surface area contributed by atoms with Crippen molar-refractivity contribution in [2.24, 2.45) is 5.73 Å². The van der Waals surface area contributed by atoms with Gasteiger partial charge in [0.2, 0.25) is 5.91 Å². The van der Waals surface area contributed by atoms with Crippen LogP contribution in [0.3, 0.4) is 0 Å². The largest absolute Gasteiger partial charge is 0.369 e. The summed E-state index contributed by atoms with van der Waals surface area (Å²) in [6.07, 6.45) is 0.267. The summed E-state index contributed by atoms with van der Waals surface area (Å²) >= 11 is 0. The van der Waals surface area contributed by atoms with E-state index in [-0.39, 0.29) is 12.3 Å². The second-order valence-corrected chi connectivity index (χ2v) is 4.09. The van der Waals surface area contributed by atoms with Crippen LogP contribution in [0.15, 0.2) is 24.3 Å². The summed E-state index contributed by atoms with van der Waals surface area (Å²) in [4.78, 5) is 15.4. The van der Waals surface area contributed by atoms with Crippen LogP contribution in [0.5, 0.6) is 0 Å². The topological polar surface area (TPSA) is 56.0 Å². The number of nitrogens with zero attached hydrogens (tertiary/aromatic N) is 1. The predicted octanol–water partition coefficient (Wildman–Crippen LogP) is 1.88. The molecule has 3 nitrogen and oxygen atoms in total. The van der Waals surface area contributed by atoms with Crippen LogP contribution in [0.2, 0.25) is 0 Å². The highest BCUT2D eigenvalue weighted by Crippen LogP contribution is 2.20. The van der Waals surface area contributed by atoms with Gasteiger partial charge in [-0.1, -0.05) is 11.6 Å². The first-order chi connectivity index (χ1) is 7.56. The van der Waals surface area contributed by atoms with Gasteiger partial charge >= 0.3 is 0 Å². The lowest BCUT2D eigenvalue weighted by molar-refractivity contribution is -0.117. The maximum absolute atomic E-state index is 11.0. The number of carbonyl (C=O) groups is 1. The molecule has 0 atom stereocenters. The van der Waals surface area contributed by atoms with Crippen LogP contribution in [0.4, 0.5) is 0 Å². The fraction of sp³-hybridized carbons (Fsp3) is 0.231. The zero-order valence-electron chi connectivity index (χ0n) is 9.45. The molecule has 2 rings (SSSR count). The van der Waals surface area contributed by atoms with Gasteiger partial charge in [0.05, 0.1) is 11.9 Å². The van der Waals surface area contributed by atoms with Crippen molar-refractivity contribution in [1.82, 2.24) is 4.98 Å². The van der Waals surface area contributed by atoms with Crippen molar-refractivity contribution in [2.75, 3.05) is 0 Å². The summed E-state index contributed by atoms with van der Waals surface area (Å²) in [7, 11) is 0. The molecule has 2 N–H and O–H groups in total. The van der Waals surface area contributed by atoms with Gasteiger partial charge in [0.1, 0.15) is 0 Å². The van der Waals surface area contributed by atoms with Gasteiger partial charge in [-0.15, -0.1) is 0 Å². The molecule has 0 bridgehead atoms. The maximum atomic E-state index is 11.0. The van der Waals surface area contributed by atoms with Gasteiger partial charge in [0.25, 0.3) is 0 Å². The van der Waals surface area contributed by atoms with E-state index in [4.69, 9.17) is 5.73 Å². The lowest BCUT2D eigenvalue weighted by Crippen LogP contribution is -2.14. The Morgan fingerprint density at radius 1 is 1.31 bits per heavy atom. The van der Waals surface area contributed by atoms with E-state index < -0.39 is 0 Å². The molecule has 0 unspecified atom stereocenters. The van der Waals surface area contributed by atoms with Gasteiger partial charge in [-0.2, -0.15) is 0 Å². The molecule has 0 fully saturated rings. The number of primary amides is 1. The van der Waals surface area contributed by atoms with E-state index in [0.29, 0.717) is 0 Å². The Hall–Kier alpha value is -1.90. The van der Waals surface area contributed by atoms with E-state index in [1.165, 1.54) is 0 Å². The van der Waals surface area contributed by atoms with Gasteiger partial charge in [-0.05, 0) is 37.6 Å². The van der Waals surface area contributed by atoms with Crippen molar-refractivity contribution in [3.8, 4) is 0 Å². The summed E-state index contributed by atoms with van der Waals surface area (Å²) in [5, 5.41) is 1.02. The second kappa shape index (κ2) is 3.93. The molecule has 1 amide bonds. The molecule has 1 heterocycles. The quantitative estimate of drug-likeness (QED) is 0.829. The van der Waals surface area contributed by atoms with Crippen LogP contribution in [-0.2, 0) is 11.2 Å². The summed E-state index contributed by atoms with van der Waals surface area (Å²) in [6, 6.07) is 7.96. The number of pyridine rings is 1. The molecule has 0 saturated heterocycles. The third kappa shape index (κ3) is 2.03. The van der Waals surface area contributed by atoms with Crippen molar-refractivity contribution in [1.29, 1.82) is 0 Å². The van der Waals surface area contributed by atoms with E-state index in [1.54, 1.807) is 0 Å². The average Bonchev–Trinajstić information content (AvgIpc) is 2.18. The fourth-order valence-corrected chi connectivity index (χ4v) is 1.89. The maximum Gasteiger partial charge on any atom is 0.221 e. The molecule has 0 spiro atoms. The van der Waals surface area contributed by atoms with E-state index in [9.17, 15) is 4.79 Å². The van der Waals surface area contributed by atoms with Gasteiger partial charge in [-0.25, -0.2) is 0 Å². The standard InChI is InChI=1S/C13H14N2O/c1-8-3-4-12-11(5-8)10(7-13(14)16)6-9(2)15-12/h3-6H,7H2,1-2H3,(H2,14,16). The molecular formula is C13H14N2O. The molecule has 0 radical (unpaired) electrons. The zero-order valence-corrected chi connectivity index (χ0v) is 9.45. The first kappa shape index (κ1) is 10.6. The van der Waals surface area contributed by atoms with E-state index in [0.717, 1.165) is 27.7 Å². The number of fused-ring (bicyclic) bond motifs is 1. The highest BCUT2D eigenvalue weighted by molar-refractivity contribution is 5.88. The third-order valence-electron chi connectivity index (χ3n) is 2.54. The van der Waals surface area contributed by atoms with Crippen molar-refractivity contribution in [3.63, 3.8) is 0 Å². The number of aryl methyl sites for hydroxylation is 2.